The number of nitrogens with two attached hydrogens (primary N) is 1. The van der Waals surface area contributed by atoms with E-state index in [1.807, 2.05) is 18.8 Å². The van der Waals surface area contributed by atoms with E-state index in [9.17, 15) is 8.78 Å². The zero-order valence-electron chi connectivity index (χ0n) is 10.4. The Balaban J connectivity index is 2.03. The Kier molecular flexibility index (Phi) is 4.59. The fourth-order valence-electron chi connectivity index (χ4n) is 2.23. The molecule has 2 nitrogen and oxygen atoms in total. The molecule has 0 saturated carbocycles. The Labute approximate surface area is 111 Å². The van der Waals surface area contributed by atoms with E-state index in [0.29, 0.717) is 12.0 Å². The number of rotatable bonds is 3. The van der Waals surface area contributed by atoms with Crippen LogP contribution in [0.2, 0.25) is 0 Å². The molecule has 1 heterocycles. The van der Waals surface area contributed by atoms with Crippen molar-refractivity contribution < 1.29 is 8.78 Å². The molecule has 0 aromatic heterocycles. The van der Waals surface area contributed by atoms with Gasteiger partial charge in [0, 0.05) is 36.2 Å². The molecule has 0 amide bonds. The summed E-state index contributed by atoms with van der Waals surface area (Å²) in [6.07, 6.45) is 0.446. The molecular formula is C13H18F2N2S. The van der Waals surface area contributed by atoms with Gasteiger partial charge in [-0.1, -0.05) is 6.07 Å². The molecule has 1 aliphatic rings. The summed E-state index contributed by atoms with van der Waals surface area (Å²) in [6.45, 7) is 1.01. The zero-order chi connectivity index (χ0) is 13.1. The number of thioether (sulfide) groups is 1. The minimum Gasteiger partial charge on any atom is -0.326 e. The number of halogens is 2. The van der Waals surface area contributed by atoms with Crippen molar-refractivity contribution in [3.63, 3.8) is 0 Å². The van der Waals surface area contributed by atoms with Gasteiger partial charge < -0.3 is 10.6 Å². The van der Waals surface area contributed by atoms with Gasteiger partial charge >= 0.3 is 0 Å². The van der Waals surface area contributed by atoms with E-state index in [1.54, 1.807) is 0 Å². The molecule has 1 aromatic carbocycles. The van der Waals surface area contributed by atoms with E-state index in [1.165, 1.54) is 12.1 Å². The molecule has 2 rings (SSSR count). The molecule has 0 bridgehead atoms. The third-order valence-electron chi connectivity index (χ3n) is 3.41. The predicted molar refractivity (Wildman–Crippen MR) is 71.8 cm³/mol. The van der Waals surface area contributed by atoms with Gasteiger partial charge in [-0.05, 0) is 25.1 Å². The van der Waals surface area contributed by atoms with Gasteiger partial charge in [0.1, 0.15) is 11.6 Å². The molecule has 2 unspecified atom stereocenters. The van der Waals surface area contributed by atoms with Gasteiger partial charge in [0.15, 0.2) is 0 Å². The molecule has 1 aliphatic heterocycles. The van der Waals surface area contributed by atoms with Gasteiger partial charge in [-0.2, -0.15) is 11.8 Å². The predicted octanol–water partition coefficient (Wildman–Crippen LogP) is 1.88. The summed E-state index contributed by atoms with van der Waals surface area (Å²) in [6, 6.07) is 3.82. The zero-order valence-corrected chi connectivity index (χ0v) is 11.2. The standard InChI is InChI=1S/C13H18F2N2S/c1-17-4-5-18-8-13(17)12(16)6-9-2-3-10(14)7-11(9)15/h2-3,7,12-13H,4-6,8,16H2,1H3. The van der Waals surface area contributed by atoms with Gasteiger partial charge in [0.05, 0.1) is 0 Å². The third-order valence-corrected chi connectivity index (χ3v) is 4.46. The molecule has 0 radical (unpaired) electrons. The van der Waals surface area contributed by atoms with Crippen LogP contribution in [0.3, 0.4) is 0 Å². The first-order valence-corrected chi connectivity index (χ1v) is 7.21. The van der Waals surface area contributed by atoms with Crippen LogP contribution < -0.4 is 5.73 Å². The lowest BCUT2D eigenvalue weighted by Crippen LogP contribution is -2.51. The van der Waals surface area contributed by atoms with Crippen LogP contribution in [0.5, 0.6) is 0 Å². The number of hydrogen-bond acceptors (Lipinski definition) is 3. The van der Waals surface area contributed by atoms with Crippen molar-refractivity contribution in [1.29, 1.82) is 0 Å². The highest BCUT2D eigenvalue weighted by atomic mass is 32.2. The van der Waals surface area contributed by atoms with Crippen LogP contribution in [0.25, 0.3) is 0 Å². The number of nitrogens with zero attached hydrogens (tertiary/aromatic N) is 1. The summed E-state index contributed by atoms with van der Waals surface area (Å²) in [5, 5.41) is 0. The fraction of sp³-hybridized carbons (Fsp3) is 0.538. The first-order chi connectivity index (χ1) is 8.58. The van der Waals surface area contributed by atoms with Gasteiger partial charge in [0.2, 0.25) is 0 Å². The smallest absolute Gasteiger partial charge is 0.129 e. The molecule has 1 aromatic rings. The summed E-state index contributed by atoms with van der Waals surface area (Å²) in [5.41, 5.74) is 6.66. The number of likely N-dealkylation sites (N-methyl/N-ethyl adjacent to an activating group) is 1. The summed E-state index contributed by atoms with van der Waals surface area (Å²) < 4.78 is 26.4. The van der Waals surface area contributed by atoms with Crippen LogP contribution in [-0.4, -0.2) is 42.1 Å². The summed E-state index contributed by atoms with van der Waals surface area (Å²) in [4.78, 5) is 2.22. The molecule has 2 atom stereocenters. The van der Waals surface area contributed by atoms with Crippen molar-refractivity contribution in [3.05, 3.63) is 35.4 Å². The second-order valence-electron chi connectivity index (χ2n) is 4.73. The molecule has 5 heteroatoms. The van der Waals surface area contributed by atoms with Crippen molar-refractivity contribution in [2.24, 2.45) is 5.73 Å². The average Bonchev–Trinajstić information content (AvgIpc) is 2.33. The van der Waals surface area contributed by atoms with Crippen LogP contribution in [0.4, 0.5) is 8.78 Å². The number of hydrogen-bond donors (Lipinski definition) is 1. The summed E-state index contributed by atoms with van der Waals surface area (Å²) in [7, 11) is 2.05. The fourth-order valence-corrected chi connectivity index (χ4v) is 3.56. The maximum absolute atomic E-state index is 13.6. The molecule has 1 fully saturated rings. The molecule has 2 N–H and O–H groups in total. The topological polar surface area (TPSA) is 29.3 Å². The maximum Gasteiger partial charge on any atom is 0.129 e. The normalized spacial score (nSPS) is 23.0. The molecule has 18 heavy (non-hydrogen) atoms. The average molecular weight is 272 g/mol. The number of benzene rings is 1. The van der Waals surface area contributed by atoms with E-state index in [0.717, 1.165) is 24.1 Å². The largest absolute Gasteiger partial charge is 0.326 e. The van der Waals surface area contributed by atoms with Crippen molar-refractivity contribution >= 4 is 11.8 Å². The highest BCUT2D eigenvalue weighted by Crippen LogP contribution is 2.19. The van der Waals surface area contributed by atoms with Crippen molar-refractivity contribution in [2.75, 3.05) is 25.1 Å². The quantitative estimate of drug-likeness (QED) is 0.911. The van der Waals surface area contributed by atoms with Crippen molar-refractivity contribution in [3.8, 4) is 0 Å². The monoisotopic (exact) mass is 272 g/mol. The first-order valence-electron chi connectivity index (χ1n) is 6.05. The molecule has 100 valence electrons. The van der Waals surface area contributed by atoms with Crippen LogP contribution in [-0.2, 0) is 6.42 Å². The summed E-state index contributed by atoms with van der Waals surface area (Å²) in [5.74, 6) is 1.04. The van der Waals surface area contributed by atoms with E-state index in [-0.39, 0.29) is 12.1 Å². The second kappa shape index (κ2) is 5.99. The second-order valence-corrected chi connectivity index (χ2v) is 5.88. The van der Waals surface area contributed by atoms with E-state index in [4.69, 9.17) is 5.73 Å². The lowest BCUT2D eigenvalue weighted by atomic mass is 9.99. The van der Waals surface area contributed by atoms with Crippen LogP contribution in [0.15, 0.2) is 18.2 Å². The van der Waals surface area contributed by atoms with Crippen molar-refractivity contribution in [2.45, 2.75) is 18.5 Å². The van der Waals surface area contributed by atoms with Crippen LogP contribution >= 0.6 is 11.8 Å². The highest BCUT2D eigenvalue weighted by Gasteiger charge is 2.26. The van der Waals surface area contributed by atoms with E-state index >= 15 is 0 Å². The minimum atomic E-state index is -0.546. The first kappa shape index (κ1) is 13.8. The lowest BCUT2D eigenvalue weighted by Gasteiger charge is -2.36. The van der Waals surface area contributed by atoms with E-state index in [2.05, 4.69) is 4.90 Å². The van der Waals surface area contributed by atoms with Crippen molar-refractivity contribution in [1.82, 2.24) is 4.90 Å². The molecule has 1 saturated heterocycles. The lowest BCUT2D eigenvalue weighted by molar-refractivity contribution is 0.234. The Morgan fingerprint density at radius 2 is 2.28 bits per heavy atom. The Hall–Kier alpha value is -0.650. The Morgan fingerprint density at radius 3 is 2.94 bits per heavy atom. The molecular weight excluding hydrogens is 254 g/mol. The molecule has 0 spiro atoms. The summed E-state index contributed by atoms with van der Waals surface area (Å²) >= 11 is 1.88. The van der Waals surface area contributed by atoms with Gasteiger partial charge in [-0.25, -0.2) is 8.78 Å². The van der Waals surface area contributed by atoms with Crippen LogP contribution in [0, 0.1) is 11.6 Å². The van der Waals surface area contributed by atoms with Gasteiger partial charge in [-0.3, -0.25) is 0 Å². The van der Waals surface area contributed by atoms with Gasteiger partial charge in [0.25, 0.3) is 0 Å². The SMILES string of the molecule is CN1CCSCC1C(N)Cc1ccc(F)cc1F. The van der Waals surface area contributed by atoms with Gasteiger partial charge in [-0.15, -0.1) is 0 Å². The van der Waals surface area contributed by atoms with E-state index < -0.39 is 11.6 Å². The highest BCUT2D eigenvalue weighted by molar-refractivity contribution is 7.99. The Morgan fingerprint density at radius 1 is 1.50 bits per heavy atom. The Bertz CT molecular complexity index is 414. The molecule has 0 aliphatic carbocycles. The van der Waals surface area contributed by atoms with Crippen LogP contribution in [0.1, 0.15) is 5.56 Å². The minimum absolute atomic E-state index is 0.122. The third kappa shape index (κ3) is 3.22. The maximum atomic E-state index is 13.6.